The minimum atomic E-state index is -0.0374. The molecule has 1 amide bonds. The van der Waals surface area contributed by atoms with Gasteiger partial charge < -0.3 is 5.32 Å². The lowest BCUT2D eigenvalue weighted by atomic mass is 9.96. The van der Waals surface area contributed by atoms with Crippen LogP contribution in [0.25, 0.3) is 0 Å². The van der Waals surface area contributed by atoms with Gasteiger partial charge in [0.15, 0.2) is 0 Å². The molecule has 1 N–H and O–H groups in total. The van der Waals surface area contributed by atoms with Crippen molar-refractivity contribution in [2.24, 2.45) is 4.99 Å². The average molecular weight is 423 g/mol. The topological polar surface area (TPSA) is 41.5 Å². The van der Waals surface area contributed by atoms with Crippen molar-refractivity contribution in [1.82, 2.24) is 0 Å². The van der Waals surface area contributed by atoms with Gasteiger partial charge in [0.25, 0.3) is 5.91 Å². The van der Waals surface area contributed by atoms with Gasteiger partial charge in [-0.25, -0.2) is 4.99 Å². The molecule has 1 aliphatic rings. The van der Waals surface area contributed by atoms with Gasteiger partial charge in [-0.2, -0.15) is 0 Å². The standard InChI is InChI=1S/C24H26N2OS2/c1-16-11-12-18(14-17(16)2)26-23(27)22-20-9-5-3-4-6-10-21(20)29-24(22)25-15-19-8-7-13-28-19/h7-8,11-15H,3-6,9-10H2,1-2H3,(H,26,27). The molecule has 3 nitrogen and oxygen atoms in total. The van der Waals surface area contributed by atoms with E-state index in [1.807, 2.05) is 35.9 Å². The molecular weight excluding hydrogens is 396 g/mol. The van der Waals surface area contributed by atoms with Crippen LogP contribution < -0.4 is 5.32 Å². The van der Waals surface area contributed by atoms with E-state index in [-0.39, 0.29) is 5.91 Å². The summed E-state index contributed by atoms with van der Waals surface area (Å²) in [6.07, 6.45) is 8.75. The van der Waals surface area contributed by atoms with Crippen LogP contribution in [-0.4, -0.2) is 12.1 Å². The highest BCUT2D eigenvalue weighted by Crippen LogP contribution is 2.39. The lowest BCUT2D eigenvalue weighted by Crippen LogP contribution is -2.14. The van der Waals surface area contributed by atoms with E-state index in [0.717, 1.165) is 40.4 Å². The molecule has 29 heavy (non-hydrogen) atoms. The van der Waals surface area contributed by atoms with E-state index in [2.05, 4.69) is 25.2 Å². The third-order valence-electron chi connectivity index (χ3n) is 5.50. The number of rotatable bonds is 4. The monoisotopic (exact) mass is 422 g/mol. The van der Waals surface area contributed by atoms with Gasteiger partial charge in [-0.1, -0.05) is 25.0 Å². The number of nitrogens with zero attached hydrogens (tertiary/aromatic N) is 1. The maximum atomic E-state index is 13.3. The molecule has 0 radical (unpaired) electrons. The van der Waals surface area contributed by atoms with E-state index in [9.17, 15) is 4.79 Å². The number of fused-ring (bicyclic) bond motifs is 1. The molecule has 4 rings (SSSR count). The highest BCUT2D eigenvalue weighted by Gasteiger charge is 2.24. The van der Waals surface area contributed by atoms with Gasteiger partial charge in [-0.3, -0.25) is 4.79 Å². The van der Waals surface area contributed by atoms with Crippen LogP contribution in [0.4, 0.5) is 10.7 Å². The Morgan fingerprint density at radius 2 is 1.90 bits per heavy atom. The van der Waals surface area contributed by atoms with Crippen molar-refractivity contribution in [2.45, 2.75) is 52.4 Å². The summed E-state index contributed by atoms with van der Waals surface area (Å²) in [6.45, 7) is 4.15. The van der Waals surface area contributed by atoms with Gasteiger partial charge in [0.05, 0.1) is 5.56 Å². The summed E-state index contributed by atoms with van der Waals surface area (Å²) in [4.78, 5) is 20.5. The van der Waals surface area contributed by atoms with Gasteiger partial charge in [-0.15, -0.1) is 22.7 Å². The number of benzene rings is 1. The van der Waals surface area contributed by atoms with Gasteiger partial charge in [0.1, 0.15) is 5.00 Å². The van der Waals surface area contributed by atoms with Crippen LogP contribution in [0.5, 0.6) is 0 Å². The van der Waals surface area contributed by atoms with Crippen molar-refractivity contribution in [2.75, 3.05) is 5.32 Å². The van der Waals surface area contributed by atoms with Crippen LogP contribution in [0.2, 0.25) is 0 Å². The van der Waals surface area contributed by atoms with E-state index in [1.165, 1.54) is 40.8 Å². The molecule has 0 saturated heterocycles. The number of hydrogen-bond acceptors (Lipinski definition) is 4. The van der Waals surface area contributed by atoms with Gasteiger partial charge in [-0.05, 0) is 79.8 Å². The first-order valence-electron chi connectivity index (χ1n) is 10.2. The molecule has 2 aromatic heterocycles. The van der Waals surface area contributed by atoms with E-state index in [1.54, 1.807) is 22.7 Å². The lowest BCUT2D eigenvalue weighted by Gasteiger charge is -2.12. The number of nitrogens with one attached hydrogen (secondary N) is 1. The first-order valence-corrected chi connectivity index (χ1v) is 11.9. The van der Waals surface area contributed by atoms with Gasteiger partial charge in [0.2, 0.25) is 0 Å². The van der Waals surface area contributed by atoms with E-state index >= 15 is 0 Å². The third-order valence-corrected chi connectivity index (χ3v) is 7.50. The van der Waals surface area contributed by atoms with E-state index in [4.69, 9.17) is 4.99 Å². The molecule has 3 aromatic rings. The quantitative estimate of drug-likeness (QED) is 0.448. The molecule has 0 saturated carbocycles. The summed E-state index contributed by atoms with van der Waals surface area (Å²) in [5.74, 6) is -0.0374. The van der Waals surface area contributed by atoms with Crippen molar-refractivity contribution in [3.8, 4) is 0 Å². The highest BCUT2D eigenvalue weighted by molar-refractivity contribution is 7.16. The second kappa shape index (κ2) is 9.06. The van der Waals surface area contributed by atoms with Crippen molar-refractivity contribution in [3.05, 3.63) is 67.7 Å². The molecule has 0 aliphatic heterocycles. The van der Waals surface area contributed by atoms with Crippen LogP contribution in [0.15, 0.2) is 40.7 Å². The Morgan fingerprint density at radius 1 is 1.07 bits per heavy atom. The number of amides is 1. The zero-order chi connectivity index (χ0) is 20.2. The Labute approximate surface area is 180 Å². The van der Waals surface area contributed by atoms with E-state index < -0.39 is 0 Å². The summed E-state index contributed by atoms with van der Waals surface area (Å²) >= 11 is 3.36. The Bertz CT molecular complexity index is 1030. The average Bonchev–Trinajstić information content (AvgIpc) is 3.31. The van der Waals surface area contributed by atoms with Crippen LogP contribution in [0, 0.1) is 13.8 Å². The van der Waals surface area contributed by atoms with Crippen molar-refractivity contribution in [1.29, 1.82) is 0 Å². The molecule has 5 heteroatoms. The molecule has 0 spiro atoms. The second-order valence-corrected chi connectivity index (χ2v) is 9.69. The number of thiophene rings is 2. The molecule has 1 aliphatic carbocycles. The van der Waals surface area contributed by atoms with Crippen molar-refractivity contribution in [3.63, 3.8) is 0 Å². The summed E-state index contributed by atoms with van der Waals surface area (Å²) < 4.78 is 0. The van der Waals surface area contributed by atoms with E-state index in [0.29, 0.717) is 0 Å². The molecule has 1 aromatic carbocycles. The fraction of sp³-hybridized carbons (Fsp3) is 0.333. The SMILES string of the molecule is Cc1ccc(NC(=O)c2c(N=Cc3cccs3)sc3c2CCCCCC3)cc1C. The molecule has 0 atom stereocenters. The van der Waals surface area contributed by atoms with Crippen LogP contribution in [-0.2, 0) is 12.8 Å². The van der Waals surface area contributed by atoms with Gasteiger partial charge in [0, 0.05) is 21.7 Å². The number of aliphatic imine (C=N–C) groups is 1. The predicted octanol–water partition coefficient (Wildman–Crippen LogP) is 7.09. The Morgan fingerprint density at radius 3 is 2.66 bits per heavy atom. The summed E-state index contributed by atoms with van der Waals surface area (Å²) in [7, 11) is 0. The number of carbonyl (C=O) groups is 1. The molecule has 0 fully saturated rings. The lowest BCUT2D eigenvalue weighted by molar-refractivity contribution is 0.102. The normalized spacial score (nSPS) is 14.4. The van der Waals surface area contributed by atoms with Crippen molar-refractivity contribution >= 4 is 45.5 Å². The van der Waals surface area contributed by atoms with Crippen LogP contribution >= 0.6 is 22.7 Å². The molecule has 150 valence electrons. The summed E-state index contributed by atoms with van der Waals surface area (Å²) in [6, 6.07) is 10.1. The zero-order valence-corrected chi connectivity index (χ0v) is 18.6. The largest absolute Gasteiger partial charge is 0.322 e. The molecule has 0 bridgehead atoms. The smallest absolute Gasteiger partial charge is 0.259 e. The summed E-state index contributed by atoms with van der Waals surface area (Å²) in [5, 5.41) is 6.01. The highest BCUT2D eigenvalue weighted by atomic mass is 32.1. The number of anilines is 1. The van der Waals surface area contributed by atoms with Crippen LogP contribution in [0.3, 0.4) is 0 Å². The first-order chi connectivity index (χ1) is 14.1. The maximum Gasteiger partial charge on any atom is 0.259 e. The fourth-order valence-electron chi connectivity index (χ4n) is 3.73. The number of hydrogen-bond donors (Lipinski definition) is 1. The fourth-order valence-corrected chi connectivity index (χ4v) is 5.55. The van der Waals surface area contributed by atoms with Crippen molar-refractivity contribution < 1.29 is 4.79 Å². The first kappa shape index (κ1) is 20.0. The summed E-state index contributed by atoms with van der Waals surface area (Å²) in [5.41, 5.74) is 5.24. The minimum Gasteiger partial charge on any atom is -0.322 e. The predicted molar refractivity (Wildman–Crippen MR) is 126 cm³/mol. The van der Waals surface area contributed by atoms with Crippen LogP contribution in [0.1, 0.15) is 62.5 Å². The Kier molecular flexibility index (Phi) is 6.26. The Balaban J connectivity index is 1.70. The molecule has 2 heterocycles. The number of aryl methyl sites for hydroxylation is 3. The minimum absolute atomic E-state index is 0.0374. The molecule has 0 unspecified atom stereocenters. The maximum absolute atomic E-state index is 13.3. The van der Waals surface area contributed by atoms with Gasteiger partial charge >= 0.3 is 0 Å². The molecular formula is C24H26N2OS2. The Hall–Kier alpha value is -2.24. The second-order valence-electron chi connectivity index (χ2n) is 7.62. The third kappa shape index (κ3) is 4.68. The number of carbonyl (C=O) groups excluding carboxylic acids is 1. The zero-order valence-electron chi connectivity index (χ0n) is 17.0.